The Kier molecular flexibility index (Phi) is 3.61. The molecule has 3 aliphatic rings. The molecule has 0 N–H and O–H groups in total. The molecule has 2 aromatic rings. The lowest BCUT2D eigenvalue weighted by molar-refractivity contribution is 0.138. The van der Waals surface area contributed by atoms with E-state index in [0.717, 1.165) is 19.5 Å². The number of hydrogen-bond donors (Lipinski definition) is 0. The molecular formula is C22H27N3. The predicted molar refractivity (Wildman–Crippen MR) is 103 cm³/mol. The number of fused-ring (bicyclic) bond motifs is 2. The lowest BCUT2D eigenvalue weighted by atomic mass is 9.96. The Morgan fingerprint density at radius 1 is 0.960 bits per heavy atom. The van der Waals surface area contributed by atoms with Crippen LogP contribution < -0.4 is 4.90 Å². The molecule has 2 heterocycles. The van der Waals surface area contributed by atoms with Crippen LogP contribution in [0.25, 0.3) is 0 Å². The lowest BCUT2D eigenvalue weighted by Crippen LogP contribution is -2.55. The van der Waals surface area contributed by atoms with Crippen LogP contribution in [0, 0.1) is 0 Å². The van der Waals surface area contributed by atoms with E-state index in [1.807, 2.05) is 0 Å². The number of piperazine rings is 1. The first-order valence-corrected chi connectivity index (χ1v) is 9.56. The zero-order chi connectivity index (χ0) is 17.0. The highest BCUT2D eigenvalue weighted by Crippen LogP contribution is 2.48. The maximum Gasteiger partial charge on any atom is 0.0707 e. The van der Waals surface area contributed by atoms with Gasteiger partial charge < -0.3 is 9.80 Å². The van der Waals surface area contributed by atoms with E-state index < -0.39 is 0 Å². The standard InChI is InChI=1S/C22H27N3/c1-23(2)10-11-24-12-13-25-19-9-4-3-6-16(19)14-17-7-5-8-18-15-20(24)22(25)21(17)18/h3-9,20,22H,10-15H2,1-2H3/t20-,22+/m0/s1. The number of likely N-dealkylation sites (N-methyl/N-ethyl adjacent to an activating group) is 1. The largest absolute Gasteiger partial charge is 0.361 e. The molecule has 0 radical (unpaired) electrons. The molecule has 0 unspecified atom stereocenters. The number of nitrogens with zero attached hydrogens (tertiary/aromatic N) is 3. The quantitative estimate of drug-likeness (QED) is 0.855. The first kappa shape index (κ1) is 15.4. The second-order valence-electron chi connectivity index (χ2n) is 8.04. The van der Waals surface area contributed by atoms with Crippen molar-refractivity contribution in [1.82, 2.24) is 9.80 Å². The van der Waals surface area contributed by atoms with E-state index in [2.05, 4.69) is 71.3 Å². The monoisotopic (exact) mass is 333 g/mol. The Morgan fingerprint density at radius 2 is 1.76 bits per heavy atom. The fourth-order valence-corrected chi connectivity index (χ4v) is 5.16. The molecule has 3 heteroatoms. The molecule has 0 aromatic heterocycles. The van der Waals surface area contributed by atoms with Crippen LogP contribution in [-0.4, -0.2) is 56.1 Å². The van der Waals surface area contributed by atoms with Crippen LogP contribution in [0.5, 0.6) is 0 Å². The van der Waals surface area contributed by atoms with Crippen LogP contribution >= 0.6 is 0 Å². The highest BCUT2D eigenvalue weighted by atomic mass is 15.3. The second-order valence-corrected chi connectivity index (χ2v) is 8.04. The van der Waals surface area contributed by atoms with Gasteiger partial charge in [0.2, 0.25) is 0 Å². The second kappa shape index (κ2) is 5.86. The van der Waals surface area contributed by atoms with Gasteiger partial charge in [0.25, 0.3) is 0 Å². The van der Waals surface area contributed by atoms with Gasteiger partial charge in [-0.3, -0.25) is 4.90 Å². The zero-order valence-corrected chi connectivity index (χ0v) is 15.3. The maximum atomic E-state index is 2.75. The van der Waals surface area contributed by atoms with Crippen molar-refractivity contribution in [3.8, 4) is 0 Å². The normalized spacial score (nSPS) is 24.2. The molecule has 0 amide bonds. The van der Waals surface area contributed by atoms with E-state index in [0.29, 0.717) is 12.1 Å². The van der Waals surface area contributed by atoms with E-state index in [1.165, 1.54) is 30.8 Å². The molecule has 1 aliphatic carbocycles. The minimum absolute atomic E-state index is 0.533. The number of rotatable bonds is 3. The van der Waals surface area contributed by atoms with Crippen molar-refractivity contribution in [2.45, 2.75) is 24.9 Å². The van der Waals surface area contributed by atoms with Crippen LogP contribution in [0.15, 0.2) is 42.5 Å². The number of para-hydroxylation sites is 1. The zero-order valence-electron chi connectivity index (χ0n) is 15.3. The summed E-state index contributed by atoms with van der Waals surface area (Å²) in [5.41, 5.74) is 7.73. The molecule has 0 saturated carbocycles. The summed E-state index contributed by atoms with van der Waals surface area (Å²) in [6.07, 6.45) is 2.29. The molecule has 1 fully saturated rings. The first-order chi connectivity index (χ1) is 12.2. The summed E-state index contributed by atoms with van der Waals surface area (Å²) in [7, 11) is 4.36. The highest BCUT2D eigenvalue weighted by Gasteiger charge is 2.45. The lowest BCUT2D eigenvalue weighted by Gasteiger charge is -2.46. The summed E-state index contributed by atoms with van der Waals surface area (Å²) in [5, 5.41) is 0. The van der Waals surface area contributed by atoms with Gasteiger partial charge in [-0.2, -0.15) is 0 Å². The molecule has 2 atom stereocenters. The summed E-state index contributed by atoms with van der Waals surface area (Å²) < 4.78 is 0. The van der Waals surface area contributed by atoms with Gasteiger partial charge in [0.15, 0.2) is 0 Å². The van der Waals surface area contributed by atoms with Gasteiger partial charge in [0, 0.05) is 37.9 Å². The Morgan fingerprint density at radius 3 is 2.64 bits per heavy atom. The highest BCUT2D eigenvalue weighted by molar-refractivity contribution is 5.63. The van der Waals surface area contributed by atoms with Crippen LogP contribution in [0.1, 0.15) is 28.3 Å². The van der Waals surface area contributed by atoms with Crippen molar-refractivity contribution in [2.75, 3.05) is 45.2 Å². The maximum absolute atomic E-state index is 2.75. The fourth-order valence-electron chi connectivity index (χ4n) is 5.16. The molecule has 2 aromatic carbocycles. The van der Waals surface area contributed by atoms with Gasteiger partial charge in [-0.15, -0.1) is 0 Å². The van der Waals surface area contributed by atoms with Gasteiger partial charge in [-0.1, -0.05) is 36.4 Å². The molecule has 25 heavy (non-hydrogen) atoms. The molecule has 0 spiro atoms. The van der Waals surface area contributed by atoms with Crippen molar-refractivity contribution in [1.29, 1.82) is 0 Å². The van der Waals surface area contributed by atoms with Crippen LogP contribution in [0.3, 0.4) is 0 Å². The Bertz CT molecular complexity index is 798. The molecule has 0 bridgehead atoms. The van der Waals surface area contributed by atoms with E-state index in [9.17, 15) is 0 Å². The number of benzene rings is 2. The van der Waals surface area contributed by atoms with Crippen molar-refractivity contribution in [2.24, 2.45) is 0 Å². The summed E-state index contributed by atoms with van der Waals surface area (Å²) >= 11 is 0. The average molecular weight is 333 g/mol. The van der Waals surface area contributed by atoms with Gasteiger partial charge in [-0.05, 0) is 55.3 Å². The molecule has 3 nitrogen and oxygen atoms in total. The van der Waals surface area contributed by atoms with Crippen LogP contribution in [-0.2, 0) is 12.8 Å². The van der Waals surface area contributed by atoms with E-state index in [4.69, 9.17) is 0 Å². The third kappa shape index (κ3) is 2.41. The smallest absolute Gasteiger partial charge is 0.0707 e. The van der Waals surface area contributed by atoms with E-state index in [1.54, 1.807) is 16.7 Å². The Hall–Kier alpha value is -1.84. The van der Waals surface area contributed by atoms with E-state index >= 15 is 0 Å². The van der Waals surface area contributed by atoms with Gasteiger partial charge in [0.05, 0.1) is 6.04 Å². The Balaban J connectivity index is 1.59. The summed E-state index contributed by atoms with van der Waals surface area (Å²) in [5.74, 6) is 0. The third-order valence-corrected chi connectivity index (χ3v) is 6.33. The number of anilines is 1. The minimum atomic E-state index is 0.533. The third-order valence-electron chi connectivity index (χ3n) is 6.33. The molecule has 5 rings (SSSR count). The van der Waals surface area contributed by atoms with Gasteiger partial charge in [-0.25, -0.2) is 0 Å². The van der Waals surface area contributed by atoms with Crippen molar-refractivity contribution < 1.29 is 0 Å². The summed E-state index contributed by atoms with van der Waals surface area (Å²) in [4.78, 5) is 7.77. The fraction of sp³-hybridized carbons (Fsp3) is 0.455. The van der Waals surface area contributed by atoms with E-state index in [-0.39, 0.29) is 0 Å². The topological polar surface area (TPSA) is 9.72 Å². The van der Waals surface area contributed by atoms with Crippen LogP contribution in [0.2, 0.25) is 0 Å². The average Bonchev–Trinajstić information content (AvgIpc) is 2.93. The van der Waals surface area contributed by atoms with Crippen molar-refractivity contribution in [3.05, 3.63) is 64.7 Å². The molecular weight excluding hydrogens is 306 g/mol. The molecule has 130 valence electrons. The summed E-state index contributed by atoms with van der Waals surface area (Å²) in [6.45, 7) is 4.63. The molecule has 2 aliphatic heterocycles. The SMILES string of the molecule is CN(C)CCN1CCN2c3ccccc3Cc3cccc4c3[C@H]2[C@@H]1C4. The molecule has 1 saturated heterocycles. The summed E-state index contributed by atoms with van der Waals surface area (Å²) in [6, 6.07) is 17.2. The van der Waals surface area contributed by atoms with Crippen LogP contribution in [0.4, 0.5) is 5.69 Å². The van der Waals surface area contributed by atoms with Gasteiger partial charge >= 0.3 is 0 Å². The first-order valence-electron chi connectivity index (χ1n) is 9.56. The predicted octanol–water partition coefficient (Wildman–Crippen LogP) is 2.94. The Labute approximate surface area is 150 Å². The number of hydrogen-bond acceptors (Lipinski definition) is 3. The minimum Gasteiger partial charge on any atom is -0.361 e. The van der Waals surface area contributed by atoms with Gasteiger partial charge in [0.1, 0.15) is 0 Å². The van der Waals surface area contributed by atoms with Crippen molar-refractivity contribution in [3.63, 3.8) is 0 Å². The van der Waals surface area contributed by atoms with Crippen molar-refractivity contribution >= 4 is 5.69 Å².